The van der Waals surface area contributed by atoms with Crippen LogP contribution in [-0.4, -0.2) is 16.7 Å². The van der Waals surface area contributed by atoms with Crippen molar-refractivity contribution in [1.82, 2.24) is 4.98 Å². The number of anilines is 1. The van der Waals surface area contributed by atoms with Gasteiger partial charge in [0.15, 0.2) is 5.82 Å². The second-order valence-electron chi connectivity index (χ2n) is 4.43. The number of nitrogens with zero attached hydrogens (tertiary/aromatic N) is 1. The highest BCUT2D eigenvalue weighted by Crippen LogP contribution is 2.21. The van der Waals surface area contributed by atoms with Crippen molar-refractivity contribution in [2.24, 2.45) is 0 Å². The van der Waals surface area contributed by atoms with Crippen molar-refractivity contribution in [3.8, 4) is 0 Å². The molecule has 0 aliphatic carbocycles. The molecule has 0 fully saturated rings. The predicted molar refractivity (Wildman–Crippen MR) is 68.7 cm³/mol. The first kappa shape index (κ1) is 14.1. The zero-order valence-corrected chi connectivity index (χ0v) is 11.4. The molecule has 0 aromatic carbocycles. The average molecular weight is 277 g/mol. The largest absolute Gasteiger partial charge is 0.444 e. The maximum Gasteiger partial charge on any atom is 0.413 e. The number of amides is 1. The predicted octanol–water partition coefficient (Wildman–Crippen LogP) is 3.82. The lowest BCUT2D eigenvalue weighted by Gasteiger charge is -2.19. The van der Waals surface area contributed by atoms with Gasteiger partial charge in [0.05, 0.1) is 5.02 Å². The lowest BCUT2D eigenvalue weighted by atomic mass is 10.2. The number of carbonyl (C=O) groups excluding carboxylic acids is 1. The highest BCUT2D eigenvalue weighted by Gasteiger charge is 2.17. The standard InChI is InChI=1S/C11H14Cl2N2O2/c1-11(2,3)17-10(16)15-9-8(13)4-7(5-12)6-14-9/h4,6H,5H2,1-3H3,(H,14,15,16). The fourth-order valence-electron chi connectivity index (χ4n) is 1.04. The second-order valence-corrected chi connectivity index (χ2v) is 5.11. The van der Waals surface area contributed by atoms with E-state index in [1.165, 1.54) is 0 Å². The quantitative estimate of drug-likeness (QED) is 0.836. The summed E-state index contributed by atoms with van der Waals surface area (Å²) in [5, 5.41) is 2.80. The Morgan fingerprint density at radius 2 is 2.18 bits per heavy atom. The van der Waals surface area contributed by atoms with E-state index in [1.54, 1.807) is 33.0 Å². The van der Waals surface area contributed by atoms with Gasteiger partial charge in [-0.15, -0.1) is 11.6 Å². The van der Waals surface area contributed by atoms with E-state index < -0.39 is 11.7 Å². The Labute approximate surface area is 110 Å². The van der Waals surface area contributed by atoms with Gasteiger partial charge in [0.2, 0.25) is 0 Å². The zero-order chi connectivity index (χ0) is 13.1. The highest BCUT2D eigenvalue weighted by molar-refractivity contribution is 6.33. The third-order valence-electron chi connectivity index (χ3n) is 1.67. The number of alkyl halides is 1. The summed E-state index contributed by atoms with van der Waals surface area (Å²) < 4.78 is 5.08. The van der Waals surface area contributed by atoms with Gasteiger partial charge in [-0.2, -0.15) is 0 Å². The maximum absolute atomic E-state index is 11.5. The Morgan fingerprint density at radius 1 is 1.53 bits per heavy atom. The Kier molecular flexibility index (Phi) is 4.60. The van der Waals surface area contributed by atoms with Gasteiger partial charge in [0.25, 0.3) is 0 Å². The SMILES string of the molecule is CC(C)(C)OC(=O)Nc1ncc(CCl)cc1Cl. The van der Waals surface area contributed by atoms with Gasteiger partial charge in [-0.3, -0.25) is 5.32 Å². The van der Waals surface area contributed by atoms with Gasteiger partial charge in [-0.25, -0.2) is 9.78 Å². The summed E-state index contributed by atoms with van der Waals surface area (Å²) in [6.45, 7) is 5.33. The lowest BCUT2D eigenvalue weighted by Crippen LogP contribution is -2.27. The minimum atomic E-state index is -0.592. The average Bonchev–Trinajstić information content (AvgIpc) is 2.18. The summed E-state index contributed by atoms with van der Waals surface area (Å²) in [6, 6.07) is 1.65. The van der Waals surface area contributed by atoms with Crippen molar-refractivity contribution in [1.29, 1.82) is 0 Å². The molecule has 0 atom stereocenters. The van der Waals surface area contributed by atoms with Crippen LogP contribution >= 0.6 is 23.2 Å². The van der Waals surface area contributed by atoms with Crippen molar-refractivity contribution >= 4 is 35.1 Å². The van der Waals surface area contributed by atoms with Crippen LogP contribution in [-0.2, 0) is 10.6 Å². The van der Waals surface area contributed by atoms with Crippen LogP contribution in [0.4, 0.5) is 10.6 Å². The monoisotopic (exact) mass is 276 g/mol. The summed E-state index contributed by atoms with van der Waals surface area (Å²) in [6.07, 6.45) is 0.955. The zero-order valence-electron chi connectivity index (χ0n) is 9.88. The van der Waals surface area contributed by atoms with E-state index in [-0.39, 0.29) is 5.82 Å². The molecule has 94 valence electrons. The number of pyridine rings is 1. The Hall–Kier alpha value is -1.000. The van der Waals surface area contributed by atoms with Crippen LogP contribution in [0.2, 0.25) is 5.02 Å². The van der Waals surface area contributed by atoms with Crippen molar-refractivity contribution in [2.75, 3.05) is 5.32 Å². The van der Waals surface area contributed by atoms with Crippen LogP contribution in [0.5, 0.6) is 0 Å². The van der Waals surface area contributed by atoms with Gasteiger partial charge < -0.3 is 4.74 Å². The fraction of sp³-hybridized carbons (Fsp3) is 0.455. The topological polar surface area (TPSA) is 51.2 Å². The molecular weight excluding hydrogens is 263 g/mol. The van der Waals surface area contributed by atoms with Gasteiger partial charge in [-0.1, -0.05) is 11.6 Å². The maximum atomic E-state index is 11.5. The molecular formula is C11H14Cl2N2O2. The van der Waals surface area contributed by atoms with Crippen LogP contribution in [0.25, 0.3) is 0 Å². The molecule has 1 heterocycles. The molecule has 4 nitrogen and oxygen atoms in total. The first-order valence-corrected chi connectivity index (χ1v) is 5.93. The molecule has 1 aromatic heterocycles. The molecule has 0 unspecified atom stereocenters. The number of hydrogen-bond donors (Lipinski definition) is 1. The fourth-order valence-corrected chi connectivity index (χ4v) is 1.43. The first-order valence-electron chi connectivity index (χ1n) is 5.02. The van der Waals surface area contributed by atoms with Crippen LogP contribution in [0, 0.1) is 0 Å². The molecule has 1 N–H and O–H groups in total. The number of rotatable bonds is 2. The Balaban J connectivity index is 2.72. The number of carbonyl (C=O) groups is 1. The van der Waals surface area contributed by atoms with E-state index in [1.807, 2.05) is 0 Å². The van der Waals surface area contributed by atoms with Crippen LogP contribution < -0.4 is 5.32 Å². The molecule has 1 amide bonds. The van der Waals surface area contributed by atoms with Crippen molar-refractivity contribution in [3.05, 3.63) is 22.8 Å². The second kappa shape index (κ2) is 5.56. The van der Waals surface area contributed by atoms with Gasteiger partial charge >= 0.3 is 6.09 Å². The van der Waals surface area contributed by atoms with E-state index in [2.05, 4.69) is 10.3 Å². The number of hydrogen-bond acceptors (Lipinski definition) is 3. The van der Waals surface area contributed by atoms with Gasteiger partial charge in [-0.05, 0) is 32.4 Å². The summed E-state index contributed by atoms with van der Waals surface area (Å²) in [5.41, 5.74) is 0.221. The number of ether oxygens (including phenoxy) is 1. The summed E-state index contributed by atoms with van der Waals surface area (Å²) in [7, 11) is 0. The molecule has 0 saturated carbocycles. The molecule has 0 saturated heterocycles. The number of nitrogens with one attached hydrogen (secondary N) is 1. The van der Waals surface area contributed by atoms with Crippen LogP contribution in [0.15, 0.2) is 12.3 Å². The van der Waals surface area contributed by atoms with E-state index in [9.17, 15) is 4.79 Å². The van der Waals surface area contributed by atoms with Gasteiger partial charge in [0, 0.05) is 12.1 Å². The highest BCUT2D eigenvalue weighted by atomic mass is 35.5. The molecule has 0 aliphatic rings. The van der Waals surface area contributed by atoms with E-state index in [4.69, 9.17) is 27.9 Å². The molecule has 6 heteroatoms. The molecule has 17 heavy (non-hydrogen) atoms. The molecule has 1 aromatic rings. The molecule has 0 radical (unpaired) electrons. The third-order valence-corrected chi connectivity index (χ3v) is 2.27. The van der Waals surface area contributed by atoms with E-state index in [0.29, 0.717) is 10.9 Å². The van der Waals surface area contributed by atoms with Crippen LogP contribution in [0.1, 0.15) is 26.3 Å². The Bertz CT molecular complexity index is 416. The van der Waals surface area contributed by atoms with E-state index >= 15 is 0 Å². The van der Waals surface area contributed by atoms with Gasteiger partial charge in [0.1, 0.15) is 5.60 Å². The van der Waals surface area contributed by atoms with Crippen LogP contribution in [0.3, 0.4) is 0 Å². The number of halogens is 2. The Morgan fingerprint density at radius 3 is 2.65 bits per heavy atom. The normalized spacial score (nSPS) is 11.1. The van der Waals surface area contributed by atoms with Crippen molar-refractivity contribution in [2.45, 2.75) is 32.3 Å². The minimum absolute atomic E-state index is 0.259. The molecule has 0 aliphatic heterocycles. The summed E-state index contributed by atoms with van der Waals surface area (Å²) >= 11 is 11.6. The minimum Gasteiger partial charge on any atom is -0.444 e. The molecule has 0 spiro atoms. The third kappa shape index (κ3) is 4.79. The lowest BCUT2D eigenvalue weighted by molar-refractivity contribution is 0.0635. The van der Waals surface area contributed by atoms with Crippen molar-refractivity contribution in [3.63, 3.8) is 0 Å². The van der Waals surface area contributed by atoms with E-state index in [0.717, 1.165) is 5.56 Å². The number of aromatic nitrogens is 1. The summed E-state index contributed by atoms with van der Waals surface area (Å²) in [5.74, 6) is 0.578. The first-order chi connectivity index (χ1) is 7.81. The molecule has 0 bridgehead atoms. The smallest absolute Gasteiger partial charge is 0.413 e. The summed E-state index contributed by atoms with van der Waals surface area (Å²) in [4.78, 5) is 15.5. The molecule has 1 rings (SSSR count). The van der Waals surface area contributed by atoms with Crippen molar-refractivity contribution < 1.29 is 9.53 Å².